The van der Waals surface area contributed by atoms with E-state index in [0.29, 0.717) is 10.6 Å². The van der Waals surface area contributed by atoms with Crippen molar-refractivity contribution in [3.05, 3.63) is 40.7 Å². The minimum atomic E-state index is -0.210. The molecule has 3 rings (SSSR count). The van der Waals surface area contributed by atoms with Gasteiger partial charge in [-0.05, 0) is 35.2 Å². The second kappa shape index (κ2) is 5.21. The van der Waals surface area contributed by atoms with Crippen LogP contribution in [-0.2, 0) is 0 Å². The van der Waals surface area contributed by atoms with Gasteiger partial charge in [0, 0.05) is 16.6 Å². The third-order valence-corrected chi connectivity index (χ3v) is 3.55. The summed E-state index contributed by atoms with van der Waals surface area (Å²) in [7, 11) is 0. The Morgan fingerprint density at radius 1 is 1.16 bits per heavy atom. The van der Waals surface area contributed by atoms with E-state index < -0.39 is 0 Å². The number of anilines is 1. The van der Waals surface area contributed by atoms with E-state index in [1.165, 1.54) is 17.7 Å². The lowest BCUT2D eigenvalue weighted by Crippen LogP contribution is -2.09. The number of amides is 1. The van der Waals surface area contributed by atoms with Crippen molar-refractivity contribution in [2.24, 2.45) is 0 Å². The van der Waals surface area contributed by atoms with Gasteiger partial charge in [-0.25, -0.2) is 0 Å². The molecule has 8 heteroatoms. The molecule has 94 valence electrons. The first-order valence-electron chi connectivity index (χ1n) is 5.29. The molecular weight excluding hydrogens is 282 g/mol. The Morgan fingerprint density at radius 3 is 2.63 bits per heavy atom. The first kappa shape index (κ1) is 11.9. The summed E-state index contributed by atoms with van der Waals surface area (Å²) in [5.41, 5.74) is 2.51. The maximum atomic E-state index is 11.8. The van der Waals surface area contributed by atoms with Crippen molar-refractivity contribution in [3.8, 4) is 11.3 Å². The Hall–Kier alpha value is -2.19. The maximum Gasteiger partial charge on any atom is 0.269 e. The van der Waals surface area contributed by atoms with Crippen LogP contribution in [0.5, 0.6) is 0 Å². The fourth-order valence-corrected chi connectivity index (χ4v) is 2.35. The van der Waals surface area contributed by atoms with Crippen molar-refractivity contribution in [3.63, 3.8) is 0 Å². The van der Waals surface area contributed by atoms with E-state index in [1.807, 2.05) is 29.6 Å². The van der Waals surface area contributed by atoms with Gasteiger partial charge in [-0.1, -0.05) is 21.1 Å². The van der Waals surface area contributed by atoms with Crippen molar-refractivity contribution >= 4 is 34.7 Å². The summed E-state index contributed by atoms with van der Waals surface area (Å²) in [6, 6.07) is 7.41. The largest absolute Gasteiger partial charge is 0.321 e. The highest BCUT2D eigenvalue weighted by atomic mass is 32.1. The molecule has 0 saturated heterocycles. The quantitative estimate of drug-likeness (QED) is 0.800. The minimum Gasteiger partial charge on any atom is -0.321 e. The van der Waals surface area contributed by atoms with Crippen molar-refractivity contribution in [2.75, 3.05) is 5.32 Å². The summed E-state index contributed by atoms with van der Waals surface area (Å²) < 4.78 is 7.46. The number of carbonyl (C=O) groups is 1. The molecule has 0 radical (unpaired) electrons. The summed E-state index contributed by atoms with van der Waals surface area (Å²) in [6.07, 6.45) is 1.44. The first-order valence-corrected chi connectivity index (χ1v) is 6.90. The van der Waals surface area contributed by atoms with Crippen LogP contribution in [0.4, 0.5) is 5.69 Å². The highest BCUT2D eigenvalue weighted by Gasteiger charge is 2.08. The first-order chi connectivity index (χ1) is 9.33. The summed E-state index contributed by atoms with van der Waals surface area (Å²) >= 11 is 2.37. The van der Waals surface area contributed by atoms with E-state index in [0.717, 1.165) is 22.8 Å². The maximum absolute atomic E-state index is 11.8. The molecule has 0 atom stereocenters. The summed E-state index contributed by atoms with van der Waals surface area (Å²) in [6.45, 7) is 0. The monoisotopic (exact) mass is 289 g/mol. The molecule has 0 saturated carbocycles. The van der Waals surface area contributed by atoms with E-state index in [1.54, 1.807) is 0 Å². The van der Waals surface area contributed by atoms with Gasteiger partial charge in [0.05, 0.1) is 6.20 Å². The zero-order valence-electron chi connectivity index (χ0n) is 9.48. The normalized spacial score (nSPS) is 10.3. The number of hydrogen-bond donors (Lipinski definition) is 1. The van der Waals surface area contributed by atoms with Gasteiger partial charge < -0.3 is 5.32 Å². The molecule has 1 aromatic carbocycles. The van der Waals surface area contributed by atoms with Gasteiger partial charge in [-0.15, -0.1) is 10.2 Å². The number of aromatic nitrogens is 4. The highest BCUT2D eigenvalue weighted by Crippen LogP contribution is 2.20. The van der Waals surface area contributed by atoms with Crippen LogP contribution in [0.15, 0.2) is 35.8 Å². The summed E-state index contributed by atoms with van der Waals surface area (Å²) in [5.74, 6) is -0.210. The van der Waals surface area contributed by atoms with Gasteiger partial charge in [0.2, 0.25) is 0 Å². The number of rotatable bonds is 3. The Balaban J connectivity index is 1.75. The number of nitrogens with zero attached hydrogens (tertiary/aromatic N) is 4. The average molecular weight is 289 g/mol. The van der Waals surface area contributed by atoms with E-state index in [-0.39, 0.29) is 5.91 Å². The van der Waals surface area contributed by atoms with Crippen LogP contribution in [-0.4, -0.2) is 25.1 Å². The van der Waals surface area contributed by atoms with Crippen LogP contribution in [0.2, 0.25) is 0 Å². The highest BCUT2D eigenvalue weighted by molar-refractivity contribution is 7.07. The Labute approximate surface area is 116 Å². The molecule has 0 aliphatic carbocycles. The van der Waals surface area contributed by atoms with Gasteiger partial charge in [-0.3, -0.25) is 4.79 Å². The molecule has 1 N–H and O–H groups in total. The zero-order chi connectivity index (χ0) is 13.1. The molecular formula is C11H7N5OS2. The van der Waals surface area contributed by atoms with Gasteiger partial charge in [-0.2, -0.15) is 0 Å². The lowest BCUT2D eigenvalue weighted by Gasteiger charge is -2.03. The molecule has 2 aromatic heterocycles. The molecule has 0 aliphatic heterocycles. The van der Waals surface area contributed by atoms with E-state index >= 15 is 0 Å². The second-order valence-corrected chi connectivity index (χ2v) is 5.00. The molecule has 1 amide bonds. The minimum absolute atomic E-state index is 0.210. The molecule has 0 fully saturated rings. The molecule has 19 heavy (non-hydrogen) atoms. The van der Waals surface area contributed by atoms with Crippen LogP contribution < -0.4 is 5.32 Å². The number of hydrogen-bond acceptors (Lipinski definition) is 7. The van der Waals surface area contributed by atoms with Crippen molar-refractivity contribution in [1.29, 1.82) is 0 Å². The van der Waals surface area contributed by atoms with Crippen LogP contribution >= 0.6 is 23.1 Å². The molecule has 6 nitrogen and oxygen atoms in total. The number of benzene rings is 1. The third kappa shape index (κ3) is 2.64. The molecule has 0 bridgehead atoms. The van der Waals surface area contributed by atoms with Gasteiger partial charge in [0.25, 0.3) is 5.91 Å². The Kier molecular flexibility index (Phi) is 3.25. The van der Waals surface area contributed by atoms with Gasteiger partial charge >= 0.3 is 0 Å². The molecule has 2 heterocycles. The topological polar surface area (TPSA) is 80.7 Å². The lowest BCUT2D eigenvalue weighted by atomic mass is 10.1. The van der Waals surface area contributed by atoms with Crippen molar-refractivity contribution in [1.82, 2.24) is 19.2 Å². The lowest BCUT2D eigenvalue weighted by molar-refractivity contribution is 0.103. The SMILES string of the molecule is O=C(Nc1ccc(-c2csnn2)cc1)c1cnns1. The fourth-order valence-electron chi connectivity index (χ4n) is 1.47. The van der Waals surface area contributed by atoms with Crippen molar-refractivity contribution in [2.45, 2.75) is 0 Å². The van der Waals surface area contributed by atoms with Crippen LogP contribution in [0.1, 0.15) is 9.67 Å². The molecule has 0 unspecified atom stereocenters. The van der Waals surface area contributed by atoms with Crippen molar-refractivity contribution < 1.29 is 4.79 Å². The number of nitrogens with one attached hydrogen (secondary N) is 1. The number of carbonyl (C=O) groups excluding carboxylic acids is 1. The fraction of sp³-hybridized carbons (Fsp3) is 0. The standard InChI is InChI=1S/C11H7N5OS2/c17-11(10-5-12-15-19-10)13-8-3-1-7(2-4-8)9-6-18-16-14-9/h1-6H,(H,13,17). The smallest absolute Gasteiger partial charge is 0.269 e. The Bertz CT molecular complexity index is 664. The van der Waals surface area contributed by atoms with E-state index in [4.69, 9.17) is 0 Å². The molecule has 3 aromatic rings. The predicted molar refractivity (Wildman–Crippen MR) is 73.2 cm³/mol. The van der Waals surface area contributed by atoms with Crippen LogP contribution in [0.3, 0.4) is 0 Å². The predicted octanol–water partition coefficient (Wildman–Crippen LogP) is 2.31. The average Bonchev–Trinajstić information content (AvgIpc) is 3.13. The zero-order valence-corrected chi connectivity index (χ0v) is 11.1. The molecule has 0 aliphatic rings. The van der Waals surface area contributed by atoms with Crippen LogP contribution in [0.25, 0.3) is 11.3 Å². The summed E-state index contributed by atoms with van der Waals surface area (Å²) in [5, 5.41) is 12.3. The molecule has 0 spiro atoms. The van der Waals surface area contributed by atoms with Gasteiger partial charge in [0.1, 0.15) is 10.6 Å². The van der Waals surface area contributed by atoms with E-state index in [9.17, 15) is 4.79 Å². The third-order valence-electron chi connectivity index (χ3n) is 2.38. The summed E-state index contributed by atoms with van der Waals surface area (Å²) in [4.78, 5) is 12.3. The second-order valence-electron chi connectivity index (χ2n) is 3.60. The van der Waals surface area contributed by atoms with E-state index in [2.05, 4.69) is 24.5 Å². The Morgan fingerprint density at radius 2 is 2.00 bits per heavy atom. The van der Waals surface area contributed by atoms with Crippen LogP contribution in [0, 0.1) is 0 Å². The van der Waals surface area contributed by atoms with Gasteiger partial charge in [0.15, 0.2) is 0 Å².